The van der Waals surface area contributed by atoms with Crippen LogP contribution in [0.25, 0.3) is 0 Å². The molecule has 1 aromatic carbocycles. The number of carbonyl (C=O) groups excluding carboxylic acids is 2. The monoisotopic (exact) mass is 315 g/mol. The summed E-state index contributed by atoms with van der Waals surface area (Å²) < 4.78 is 0. The Morgan fingerprint density at radius 3 is 2.65 bits per heavy atom. The smallest absolute Gasteiger partial charge is 0.312 e. The summed E-state index contributed by atoms with van der Waals surface area (Å²) in [5.41, 5.74) is 6.51. The van der Waals surface area contributed by atoms with E-state index in [-0.39, 0.29) is 18.8 Å². The quantitative estimate of drug-likeness (QED) is 0.507. The minimum absolute atomic E-state index is 0.0641. The van der Waals surface area contributed by atoms with Gasteiger partial charge in [0.05, 0.1) is 4.92 Å². The van der Waals surface area contributed by atoms with E-state index in [9.17, 15) is 19.7 Å². The molecule has 7 nitrogen and oxygen atoms in total. The van der Waals surface area contributed by atoms with E-state index in [1.165, 1.54) is 17.0 Å². The Morgan fingerprint density at radius 2 is 2.04 bits per heavy atom. The van der Waals surface area contributed by atoms with Gasteiger partial charge < -0.3 is 10.6 Å². The largest absolute Gasteiger partial charge is 0.361 e. The molecule has 23 heavy (non-hydrogen) atoms. The third-order valence-electron chi connectivity index (χ3n) is 3.44. The standard InChI is InChI=1S/C16H17N3O4/c17-15(20)16(21)18(10-12-5-2-1-3-6-12)11-13-7-4-8-14(9-13)19(22)23/h2,4-9H,1,3,10-11H2,(H2,17,20). The van der Waals surface area contributed by atoms with Gasteiger partial charge in [0.25, 0.3) is 5.69 Å². The van der Waals surface area contributed by atoms with Crippen LogP contribution in [0.15, 0.2) is 48.1 Å². The average Bonchev–Trinajstić information content (AvgIpc) is 2.54. The number of carbonyl (C=O) groups is 2. The van der Waals surface area contributed by atoms with Gasteiger partial charge in [-0.05, 0) is 24.0 Å². The van der Waals surface area contributed by atoms with Crippen LogP contribution in [0.5, 0.6) is 0 Å². The van der Waals surface area contributed by atoms with Crippen LogP contribution >= 0.6 is 0 Å². The fourth-order valence-electron chi connectivity index (χ4n) is 2.35. The molecular formula is C16H17N3O4. The Balaban J connectivity index is 2.20. The van der Waals surface area contributed by atoms with Gasteiger partial charge in [-0.15, -0.1) is 0 Å². The van der Waals surface area contributed by atoms with Crippen molar-refractivity contribution in [3.8, 4) is 0 Å². The fraction of sp³-hybridized carbons (Fsp3) is 0.250. The van der Waals surface area contributed by atoms with Crippen molar-refractivity contribution in [2.45, 2.75) is 19.4 Å². The lowest BCUT2D eigenvalue weighted by Gasteiger charge is -2.22. The summed E-state index contributed by atoms with van der Waals surface area (Å²) in [6, 6.07) is 5.96. The van der Waals surface area contributed by atoms with Gasteiger partial charge in [-0.1, -0.05) is 30.4 Å². The predicted octanol–water partition coefficient (Wildman–Crippen LogP) is 1.69. The number of allylic oxidation sites excluding steroid dienone is 2. The first kappa shape index (κ1) is 16.4. The van der Waals surface area contributed by atoms with Crippen LogP contribution in [0, 0.1) is 10.1 Å². The molecule has 0 spiro atoms. The first-order valence-corrected chi connectivity index (χ1v) is 7.15. The second kappa shape index (κ2) is 7.35. The Kier molecular flexibility index (Phi) is 5.24. The minimum atomic E-state index is -1.05. The average molecular weight is 315 g/mol. The highest BCUT2D eigenvalue weighted by Crippen LogP contribution is 2.17. The Bertz CT molecular complexity index is 694. The Morgan fingerprint density at radius 1 is 1.26 bits per heavy atom. The Hall–Kier alpha value is -2.96. The number of nitro benzene ring substituents is 1. The first-order chi connectivity index (χ1) is 11.0. The Labute approximate surface area is 133 Å². The van der Waals surface area contributed by atoms with E-state index in [4.69, 9.17) is 5.73 Å². The van der Waals surface area contributed by atoms with Gasteiger partial charge in [-0.2, -0.15) is 0 Å². The number of rotatable bonds is 5. The number of benzene rings is 1. The molecule has 0 fully saturated rings. The van der Waals surface area contributed by atoms with Crippen LogP contribution < -0.4 is 5.73 Å². The molecule has 0 saturated carbocycles. The lowest BCUT2D eigenvalue weighted by Crippen LogP contribution is -2.40. The van der Waals surface area contributed by atoms with Crippen LogP contribution in [0.1, 0.15) is 18.4 Å². The summed E-state index contributed by atoms with van der Waals surface area (Å²) >= 11 is 0. The molecule has 0 atom stereocenters. The number of nitro groups is 1. The van der Waals surface area contributed by atoms with Crippen molar-refractivity contribution in [2.24, 2.45) is 5.73 Å². The normalized spacial score (nSPS) is 13.3. The molecule has 120 valence electrons. The second-order valence-corrected chi connectivity index (χ2v) is 5.21. The molecule has 0 aliphatic heterocycles. The second-order valence-electron chi connectivity index (χ2n) is 5.21. The van der Waals surface area contributed by atoms with E-state index in [1.807, 2.05) is 18.2 Å². The summed E-state index contributed by atoms with van der Waals surface area (Å²) in [4.78, 5) is 34.9. The predicted molar refractivity (Wildman–Crippen MR) is 84.2 cm³/mol. The van der Waals surface area contributed by atoms with Crippen molar-refractivity contribution in [3.63, 3.8) is 0 Å². The van der Waals surface area contributed by atoms with Gasteiger partial charge in [-0.3, -0.25) is 19.7 Å². The van der Waals surface area contributed by atoms with E-state index < -0.39 is 16.7 Å². The number of nitrogens with zero attached hydrogens (tertiary/aromatic N) is 2. The van der Waals surface area contributed by atoms with Crippen molar-refractivity contribution in [1.29, 1.82) is 0 Å². The van der Waals surface area contributed by atoms with Gasteiger partial charge in [0.2, 0.25) is 0 Å². The summed E-state index contributed by atoms with van der Waals surface area (Å²) in [5, 5.41) is 10.8. The van der Waals surface area contributed by atoms with E-state index in [1.54, 1.807) is 12.1 Å². The number of non-ortho nitro benzene ring substituents is 1. The van der Waals surface area contributed by atoms with Crippen LogP contribution in [-0.2, 0) is 16.1 Å². The summed E-state index contributed by atoms with van der Waals surface area (Å²) in [6.07, 6.45) is 7.71. The SMILES string of the molecule is NC(=O)C(=O)N(CC1=CCCC=C1)Cc1cccc([N+](=O)[O-])c1. The molecular weight excluding hydrogens is 298 g/mol. The highest BCUT2D eigenvalue weighted by atomic mass is 16.6. The van der Waals surface area contributed by atoms with Crippen molar-refractivity contribution >= 4 is 17.5 Å². The summed E-state index contributed by atoms with van der Waals surface area (Å²) in [5.74, 6) is -1.85. The molecule has 0 radical (unpaired) electrons. The van der Waals surface area contributed by atoms with Crippen molar-refractivity contribution in [3.05, 3.63) is 63.7 Å². The molecule has 1 aliphatic carbocycles. The van der Waals surface area contributed by atoms with Crippen LogP contribution in [0.4, 0.5) is 5.69 Å². The number of amides is 2. The maximum atomic E-state index is 12.0. The molecule has 0 unspecified atom stereocenters. The van der Waals surface area contributed by atoms with Crippen molar-refractivity contribution < 1.29 is 14.5 Å². The summed E-state index contributed by atoms with van der Waals surface area (Å²) in [7, 11) is 0. The van der Waals surface area contributed by atoms with Crippen molar-refractivity contribution in [2.75, 3.05) is 6.54 Å². The van der Waals surface area contributed by atoms with Gasteiger partial charge in [0, 0.05) is 25.2 Å². The van der Waals surface area contributed by atoms with Gasteiger partial charge in [0.1, 0.15) is 0 Å². The molecule has 2 N–H and O–H groups in total. The fourth-order valence-corrected chi connectivity index (χ4v) is 2.35. The topological polar surface area (TPSA) is 107 Å². The number of hydrogen-bond donors (Lipinski definition) is 1. The van der Waals surface area contributed by atoms with E-state index in [2.05, 4.69) is 0 Å². The lowest BCUT2D eigenvalue weighted by molar-refractivity contribution is -0.384. The molecule has 0 saturated heterocycles. The van der Waals surface area contributed by atoms with Gasteiger partial charge in [-0.25, -0.2) is 0 Å². The van der Waals surface area contributed by atoms with E-state index >= 15 is 0 Å². The third kappa shape index (κ3) is 4.50. The van der Waals surface area contributed by atoms with Crippen LogP contribution in [0.3, 0.4) is 0 Å². The van der Waals surface area contributed by atoms with Crippen molar-refractivity contribution in [1.82, 2.24) is 4.90 Å². The number of nitrogens with two attached hydrogens (primary N) is 1. The van der Waals surface area contributed by atoms with E-state index in [0.29, 0.717) is 5.56 Å². The lowest BCUT2D eigenvalue weighted by atomic mass is 10.1. The summed E-state index contributed by atoms with van der Waals surface area (Å²) in [6.45, 7) is 0.315. The third-order valence-corrected chi connectivity index (χ3v) is 3.44. The van der Waals surface area contributed by atoms with Crippen LogP contribution in [-0.4, -0.2) is 28.2 Å². The molecule has 0 heterocycles. The van der Waals surface area contributed by atoms with Gasteiger partial charge >= 0.3 is 11.8 Å². The number of hydrogen-bond acceptors (Lipinski definition) is 4. The zero-order chi connectivity index (χ0) is 16.8. The molecule has 1 aliphatic rings. The molecule has 2 amide bonds. The minimum Gasteiger partial charge on any atom is -0.361 e. The molecule has 2 rings (SSSR count). The molecule has 0 aromatic heterocycles. The van der Waals surface area contributed by atoms with Gasteiger partial charge in [0.15, 0.2) is 0 Å². The molecule has 7 heteroatoms. The highest BCUT2D eigenvalue weighted by Gasteiger charge is 2.21. The maximum Gasteiger partial charge on any atom is 0.312 e. The molecule has 0 bridgehead atoms. The van der Waals surface area contributed by atoms with Crippen LogP contribution in [0.2, 0.25) is 0 Å². The number of primary amides is 1. The van der Waals surface area contributed by atoms with E-state index in [0.717, 1.165) is 18.4 Å². The first-order valence-electron chi connectivity index (χ1n) is 7.15. The zero-order valence-electron chi connectivity index (χ0n) is 12.5. The maximum absolute atomic E-state index is 12.0. The highest BCUT2D eigenvalue weighted by molar-refractivity contribution is 6.34. The molecule has 1 aromatic rings. The zero-order valence-corrected chi connectivity index (χ0v) is 12.5.